The summed E-state index contributed by atoms with van der Waals surface area (Å²) in [7, 11) is 1.37. The van der Waals surface area contributed by atoms with Gasteiger partial charge in [0.2, 0.25) is 0 Å². The quantitative estimate of drug-likeness (QED) is 0.235. The van der Waals surface area contributed by atoms with Gasteiger partial charge in [0.1, 0.15) is 17.0 Å². The molecule has 2 aromatic heterocycles. The molecule has 8 rings (SSSR count). The van der Waals surface area contributed by atoms with Gasteiger partial charge in [-0.2, -0.15) is 0 Å². The summed E-state index contributed by atoms with van der Waals surface area (Å²) in [4.78, 5) is 26.8. The van der Waals surface area contributed by atoms with Crippen LogP contribution in [0.25, 0.3) is 11.0 Å². The van der Waals surface area contributed by atoms with Gasteiger partial charge in [0.05, 0.1) is 78.4 Å². The number of halogens is 2. The SMILES string of the molecule is COC(=O)c1cc(Cl)c2nc(CN3CCN(c4cccc5c4OC(C)(c4ccc(Cl)cn4)O5)C4COCC43)n(C[C@@H]3CCCO3)c2c1. The van der Waals surface area contributed by atoms with E-state index in [4.69, 9.17) is 51.9 Å². The maximum absolute atomic E-state index is 12.5. The van der Waals surface area contributed by atoms with E-state index in [1.165, 1.54) is 7.11 Å². The summed E-state index contributed by atoms with van der Waals surface area (Å²) in [5.41, 5.74) is 3.47. The van der Waals surface area contributed by atoms with Crippen molar-refractivity contribution in [2.24, 2.45) is 0 Å². The first-order valence-electron chi connectivity index (χ1n) is 15.9. The number of nitrogens with zero attached hydrogens (tertiary/aromatic N) is 5. The van der Waals surface area contributed by atoms with Crippen LogP contribution >= 0.6 is 23.2 Å². The highest BCUT2D eigenvalue weighted by Gasteiger charge is 2.46. The number of benzene rings is 2. The molecule has 0 spiro atoms. The van der Waals surface area contributed by atoms with Crippen LogP contribution in [-0.4, -0.2) is 83.6 Å². The van der Waals surface area contributed by atoms with Crippen molar-refractivity contribution in [2.45, 2.75) is 56.8 Å². The van der Waals surface area contributed by atoms with E-state index < -0.39 is 11.8 Å². The second-order valence-corrected chi connectivity index (χ2v) is 13.4. The average molecular weight is 681 g/mol. The first-order chi connectivity index (χ1) is 22.8. The topological polar surface area (TPSA) is 100 Å². The first-order valence-corrected chi connectivity index (χ1v) is 16.7. The molecule has 2 aromatic carbocycles. The molecule has 0 saturated carbocycles. The fourth-order valence-electron chi connectivity index (χ4n) is 7.29. The summed E-state index contributed by atoms with van der Waals surface area (Å²) < 4.78 is 32.2. The lowest BCUT2D eigenvalue weighted by Crippen LogP contribution is -2.59. The van der Waals surface area contributed by atoms with E-state index in [9.17, 15) is 4.79 Å². The molecule has 0 amide bonds. The molecule has 4 aliphatic heterocycles. The Balaban J connectivity index is 1.08. The fourth-order valence-corrected chi connectivity index (χ4v) is 7.66. The molecule has 3 unspecified atom stereocenters. The van der Waals surface area contributed by atoms with Crippen LogP contribution < -0.4 is 14.4 Å². The molecule has 0 radical (unpaired) electrons. The molecular weight excluding hydrogens is 645 g/mol. The molecule has 13 heteroatoms. The minimum Gasteiger partial charge on any atom is -0.465 e. The van der Waals surface area contributed by atoms with Crippen LogP contribution in [0.15, 0.2) is 48.7 Å². The van der Waals surface area contributed by atoms with Crippen molar-refractivity contribution in [3.8, 4) is 11.5 Å². The summed E-state index contributed by atoms with van der Waals surface area (Å²) in [6, 6.07) is 13.3. The lowest BCUT2D eigenvalue weighted by atomic mass is 10.0. The number of carbonyl (C=O) groups is 1. The molecule has 0 N–H and O–H groups in total. The third kappa shape index (κ3) is 5.47. The fraction of sp³-hybridized carbons (Fsp3) is 0.441. The molecule has 11 nitrogen and oxygen atoms in total. The van der Waals surface area contributed by atoms with E-state index in [1.54, 1.807) is 18.3 Å². The van der Waals surface area contributed by atoms with Gasteiger partial charge < -0.3 is 33.2 Å². The van der Waals surface area contributed by atoms with Crippen molar-refractivity contribution in [3.63, 3.8) is 0 Å². The molecule has 3 fully saturated rings. The molecule has 0 aliphatic carbocycles. The second kappa shape index (κ2) is 12.1. The van der Waals surface area contributed by atoms with Crippen molar-refractivity contribution in [3.05, 3.63) is 75.8 Å². The number of aromatic nitrogens is 3. The summed E-state index contributed by atoms with van der Waals surface area (Å²) in [5.74, 6) is 0.731. The van der Waals surface area contributed by atoms with Crippen molar-refractivity contribution in [2.75, 3.05) is 44.9 Å². The zero-order valence-electron chi connectivity index (χ0n) is 26.2. The largest absolute Gasteiger partial charge is 0.465 e. The lowest BCUT2D eigenvalue weighted by Gasteiger charge is -2.44. The van der Waals surface area contributed by atoms with E-state index in [-0.39, 0.29) is 18.2 Å². The smallest absolute Gasteiger partial charge is 0.337 e. The number of para-hydroxylation sites is 1. The third-order valence-corrected chi connectivity index (χ3v) is 10.2. The van der Waals surface area contributed by atoms with Crippen LogP contribution in [0.2, 0.25) is 10.0 Å². The van der Waals surface area contributed by atoms with E-state index in [0.717, 1.165) is 49.6 Å². The number of esters is 1. The van der Waals surface area contributed by atoms with Crippen molar-refractivity contribution >= 4 is 45.9 Å². The third-order valence-electron chi connectivity index (χ3n) is 9.64. The summed E-state index contributed by atoms with van der Waals surface area (Å²) in [6.45, 7) is 6.55. The average Bonchev–Trinajstić information content (AvgIpc) is 3.88. The Bertz CT molecular complexity index is 1830. The molecule has 246 valence electrons. The van der Waals surface area contributed by atoms with Gasteiger partial charge in [0.25, 0.3) is 5.79 Å². The minimum absolute atomic E-state index is 0.0715. The van der Waals surface area contributed by atoms with Crippen LogP contribution in [-0.2, 0) is 33.1 Å². The van der Waals surface area contributed by atoms with Gasteiger partial charge in [-0.3, -0.25) is 9.88 Å². The van der Waals surface area contributed by atoms with E-state index in [2.05, 4.69) is 25.4 Å². The van der Waals surface area contributed by atoms with Gasteiger partial charge in [-0.1, -0.05) is 29.3 Å². The normalized spacial score (nSPS) is 25.4. The predicted octanol–water partition coefficient (Wildman–Crippen LogP) is 5.44. The van der Waals surface area contributed by atoms with E-state index in [1.807, 2.05) is 31.2 Å². The number of fused-ring (bicyclic) bond motifs is 3. The van der Waals surface area contributed by atoms with Gasteiger partial charge in [0, 0.05) is 32.8 Å². The zero-order chi connectivity index (χ0) is 32.3. The maximum atomic E-state index is 12.5. The highest BCUT2D eigenvalue weighted by Crippen LogP contribution is 2.50. The number of anilines is 1. The molecule has 47 heavy (non-hydrogen) atoms. The Hall–Kier alpha value is -3.61. The van der Waals surface area contributed by atoms with Crippen molar-refractivity contribution < 1.29 is 28.5 Å². The number of rotatable bonds is 7. The highest BCUT2D eigenvalue weighted by atomic mass is 35.5. The van der Waals surface area contributed by atoms with E-state index in [0.29, 0.717) is 64.6 Å². The number of piperazine rings is 1. The molecular formula is C34H35Cl2N5O6. The molecule has 3 saturated heterocycles. The monoisotopic (exact) mass is 679 g/mol. The van der Waals surface area contributed by atoms with Gasteiger partial charge >= 0.3 is 5.97 Å². The summed E-state index contributed by atoms with van der Waals surface area (Å²) in [6.07, 6.45) is 3.67. The zero-order valence-corrected chi connectivity index (χ0v) is 27.7. The Kier molecular flexibility index (Phi) is 7.92. The predicted molar refractivity (Wildman–Crippen MR) is 176 cm³/mol. The van der Waals surface area contributed by atoms with Crippen LogP contribution in [0.5, 0.6) is 11.5 Å². The van der Waals surface area contributed by atoms with E-state index >= 15 is 0 Å². The van der Waals surface area contributed by atoms with Crippen molar-refractivity contribution in [1.29, 1.82) is 0 Å². The van der Waals surface area contributed by atoms with Crippen LogP contribution in [0.4, 0.5) is 5.69 Å². The van der Waals surface area contributed by atoms with Crippen LogP contribution in [0.1, 0.15) is 41.6 Å². The van der Waals surface area contributed by atoms with Crippen LogP contribution in [0, 0.1) is 0 Å². The number of hydrogen-bond acceptors (Lipinski definition) is 10. The molecule has 6 heterocycles. The Morgan fingerprint density at radius 3 is 2.77 bits per heavy atom. The molecule has 4 atom stereocenters. The standard InChI is InChI=1S/C34H35Cl2N5O6/c1-34(29-9-8-21(35)15-37-29)46-28-7-3-6-24(32(28)47-34)40-11-10-39(26-18-44-19-27(26)40)17-30-38-31-23(36)13-20(33(42)43-2)14-25(31)41(30)16-22-5-4-12-45-22/h3,6-9,13-15,22,26-27H,4-5,10-12,16-19H2,1-2H3/t22-,26?,27?,34?/m0/s1. The molecule has 4 aliphatic rings. The van der Waals surface area contributed by atoms with Crippen molar-refractivity contribution in [1.82, 2.24) is 19.4 Å². The van der Waals surface area contributed by atoms with Gasteiger partial charge in [0.15, 0.2) is 11.5 Å². The van der Waals surface area contributed by atoms with Crippen LogP contribution in [0.3, 0.4) is 0 Å². The maximum Gasteiger partial charge on any atom is 0.337 e. The number of methoxy groups -OCH3 is 1. The summed E-state index contributed by atoms with van der Waals surface area (Å²) in [5, 5.41) is 0.971. The number of hydrogen-bond donors (Lipinski definition) is 0. The second-order valence-electron chi connectivity index (χ2n) is 12.5. The number of carbonyl (C=O) groups excluding carboxylic acids is 1. The van der Waals surface area contributed by atoms with Gasteiger partial charge in [-0.15, -0.1) is 0 Å². The molecule has 4 aromatic rings. The lowest BCUT2D eigenvalue weighted by molar-refractivity contribution is -0.0716. The first kappa shape index (κ1) is 30.7. The Morgan fingerprint density at radius 1 is 1.11 bits per heavy atom. The molecule has 0 bridgehead atoms. The number of pyridine rings is 1. The minimum atomic E-state index is -1.08. The van der Waals surface area contributed by atoms with Gasteiger partial charge in [-0.05, 0) is 49.2 Å². The summed E-state index contributed by atoms with van der Waals surface area (Å²) >= 11 is 12.8. The Morgan fingerprint density at radius 2 is 1.98 bits per heavy atom. The Labute approximate surface area is 282 Å². The van der Waals surface area contributed by atoms with Gasteiger partial charge in [-0.25, -0.2) is 9.78 Å². The number of ether oxygens (including phenoxy) is 5. The number of imidazole rings is 1. The highest BCUT2D eigenvalue weighted by molar-refractivity contribution is 6.35.